The number of carbonyl (C=O) groups is 1. The van der Waals surface area contributed by atoms with Crippen LogP contribution in [0.4, 0.5) is 5.69 Å². The van der Waals surface area contributed by atoms with Crippen LogP contribution in [0.2, 0.25) is 0 Å². The number of nitrogens with zero attached hydrogens (tertiary/aromatic N) is 1. The monoisotopic (exact) mass is 415 g/mol. The van der Waals surface area contributed by atoms with Gasteiger partial charge in [-0.2, -0.15) is 0 Å². The summed E-state index contributed by atoms with van der Waals surface area (Å²) in [6, 6.07) is 26.2. The van der Waals surface area contributed by atoms with E-state index in [1.807, 2.05) is 78.7 Å². The van der Waals surface area contributed by atoms with Gasteiger partial charge in [-0.3, -0.25) is 4.79 Å². The topological polar surface area (TPSA) is 29.5 Å². The molecular formula is C26H25NO2S. The van der Waals surface area contributed by atoms with Crippen LogP contribution in [0.25, 0.3) is 0 Å². The van der Waals surface area contributed by atoms with E-state index in [1.165, 1.54) is 0 Å². The Bertz CT molecular complexity index is 1090. The first-order valence-corrected chi connectivity index (χ1v) is 11.0. The fourth-order valence-electron chi connectivity index (χ4n) is 4.85. The highest BCUT2D eigenvalue weighted by atomic mass is 32.2. The summed E-state index contributed by atoms with van der Waals surface area (Å²) in [6.45, 7) is 6.52. The zero-order chi connectivity index (χ0) is 21.1. The second-order valence-electron chi connectivity index (χ2n) is 9.01. The second-order valence-corrected chi connectivity index (χ2v) is 10.4. The molecule has 30 heavy (non-hydrogen) atoms. The van der Waals surface area contributed by atoms with Crippen LogP contribution in [0, 0.1) is 5.41 Å². The summed E-state index contributed by atoms with van der Waals surface area (Å²) in [5, 5.41) is 0. The van der Waals surface area contributed by atoms with E-state index in [1.54, 1.807) is 11.8 Å². The maximum absolute atomic E-state index is 14.2. The van der Waals surface area contributed by atoms with Crippen LogP contribution >= 0.6 is 11.8 Å². The molecule has 0 radical (unpaired) electrons. The molecule has 0 bridgehead atoms. The van der Waals surface area contributed by atoms with Crippen LogP contribution < -0.4 is 9.64 Å². The fourth-order valence-corrected chi connectivity index (χ4v) is 6.96. The fraction of sp³-hybridized carbons (Fsp3) is 0.269. The number of ether oxygens (including phenoxy) is 1. The Morgan fingerprint density at radius 1 is 0.833 bits per heavy atom. The van der Waals surface area contributed by atoms with Gasteiger partial charge in [0, 0.05) is 23.9 Å². The predicted molar refractivity (Wildman–Crippen MR) is 123 cm³/mol. The van der Waals surface area contributed by atoms with Gasteiger partial charge in [-0.15, -0.1) is 11.8 Å². The molecule has 0 unspecified atom stereocenters. The lowest BCUT2D eigenvalue weighted by Gasteiger charge is -2.38. The minimum Gasteiger partial charge on any atom is -0.457 e. The van der Waals surface area contributed by atoms with Gasteiger partial charge in [0.05, 0.1) is 4.75 Å². The van der Waals surface area contributed by atoms with Gasteiger partial charge in [0.25, 0.3) is 0 Å². The number of hydrogen-bond donors (Lipinski definition) is 0. The van der Waals surface area contributed by atoms with Crippen LogP contribution in [0.15, 0.2) is 78.9 Å². The number of amides is 1. The first-order chi connectivity index (χ1) is 14.3. The van der Waals surface area contributed by atoms with Crippen molar-refractivity contribution in [3.63, 3.8) is 0 Å². The van der Waals surface area contributed by atoms with Gasteiger partial charge in [0.2, 0.25) is 5.91 Å². The molecule has 2 aliphatic heterocycles. The molecule has 2 aliphatic rings. The average molecular weight is 416 g/mol. The molecule has 1 atom stereocenters. The van der Waals surface area contributed by atoms with Crippen molar-refractivity contribution in [2.75, 3.05) is 11.9 Å². The van der Waals surface area contributed by atoms with Crippen molar-refractivity contribution in [2.45, 2.75) is 30.3 Å². The third-order valence-electron chi connectivity index (χ3n) is 6.32. The Kier molecular flexibility index (Phi) is 4.10. The molecule has 4 heteroatoms. The second kappa shape index (κ2) is 6.39. The van der Waals surface area contributed by atoms with Gasteiger partial charge in [-0.05, 0) is 29.7 Å². The Balaban J connectivity index is 1.73. The first-order valence-electron chi connectivity index (χ1n) is 10.2. The molecule has 152 valence electrons. The molecule has 1 fully saturated rings. The van der Waals surface area contributed by atoms with E-state index in [-0.39, 0.29) is 11.3 Å². The lowest BCUT2D eigenvalue weighted by Crippen LogP contribution is -2.51. The highest BCUT2D eigenvalue weighted by Gasteiger charge is 2.81. The molecule has 3 aromatic carbocycles. The van der Waals surface area contributed by atoms with E-state index >= 15 is 0 Å². The Morgan fingerprint density at radius 2 is 1.33 bits per heavy atom. The number of rotatable bonds is 2. The van der Waals surface area contributed by atoms with E-state index in [9.17, 15) is 4.79 Å². The van der Waals surface area contributed by atoms with Crippen LogP contribution in [-0.2, 0) is 9.54 Å². The summed E-state index contributed by atoms with van der Waals surface area (Å²) in [4.78, 5) is 16.0. The average Bonchev–Trinajstić information content (AvgIpc) is 3.46. The third kappa shape index (κ3) is 2.37. The zero-order valence-corrected chi connectivity index (χ0v) is 18.5. The SMILES string of the molecule is CN(C(=O)[C@]1(C(C)(C)C)SC12c1ccccc1Oc1ccccc12)c1ccccc1. The van der Waals surface area contributed by atoms with Crippen molar-refractivity contribution < 1.29 is 9.53 Å². The molecule has 0 aromatic heterocycles. The number of anilines is 1. The number of para-hydroxylation sites is 3. The minimum atomic E-state index is -0.652. The van der Waals surface area contributed by atoms with Crippen LogP contribution in [0.1, 0.15) is 31.9 Å². The number of benzene rings is 3. The van der Waals surface area contributed by atoms with Crippen LogP contribution in [0.3, 0.4) is 0 Å². The van der Waals surface area contributed by atoms with E-state index in [0.29, 0.717) is 0 Å². The van der Waals surface area contributed by atoms with E-state index in [0.717, 1.165) is 28.3 Å². The molecule has 1 amide bonds. The predicted octanol–water partition coefficient (Wildman–Crippen LogP) is 6.23. The summed E-state index contributed by atoms with van der Waals surface area (Å²) in [7, 11) is 1.88. The summed E-state index contributed by atoms with van der Waals surface area (Å²) in [5.41, 5.74) is 2.79. The van der Waals surface area contributed by atoms with Crippen LogP contribution in [0.5, 0.6) is 11.5 Å². The third-order valence-corrected chi connectivity index (χ3v) is 8.57. The largest absolute Gasteiger partial charge is 0.457 e. The molecule has 2 heterocycles. The maximum atomic E-state index is 14.2. The quantitative estimate of drug-likeness (QED) is 0.465. The molecule has 0 aliphatic carbocycles. The van der Waals surface area contributed by atoms with Gasteiger partial charge in [-0.1, -0.05) is 75.4 Å². The molecule has 0 saturated carbocycles. The van der Waals surface area contributed by atoms with Crippen molar-refractivity contribution in [2.24, 2.45) is 5.41 Å². The summed E-state index contributed by atoms with van der Waals surface area (Å²) >= 11 is 1.76. The smallest absolute Gasteiger partial charge is 0.245 e. The Morgan fingerprint density at radius 3 is 1.87 bits per heavy atom. The summed E-state index contributed by atoms with van der Waals surface area (Å²) < 4.78 is 5.12. The highest BCUT2D eigenvalue weighted by molar-refractivity contribution is 8.10. The minimum absolute atomic E-state index is 0.123. The molecule has 1 saturated heterocycles. The van der Waals surface area contributed by atoms with Gasteiger partial charge in [-0.25, -0.2) is 0 Å². The number of fused-ring (bicyclic) bond motifs is 4. The molecule has 5 rings (SSSR count). The molecular weight excluding hydrogens is 390 g/mol. The standard InChI is InChI=1S/C26H25NO2S/c1-24(2,3)26(23(28)27(4)18-12-6-5-7-13-18)25(30-26)19-14-8-10-16-21(19)29-22-17-11-9-15-20(22)25/h5-17H,1-4H3/t26-/m1/s1. The van der Waals surface area contributed by atoms with Gasteiger partial charge in [0.1, 0.15) is 16.2 Å². The summed E-state index contributed by atoms with van der Waals surface area (Å²) in [6.07, 6.45) is 0. The highest BCUT2D eigenvalue weighted by Crippen LogP contribution is 2.82. The number of hydrogen-bond acceptors (Lipinski definition) is 3. The van der Waals surface area contributed by atoms with Gasteiger partial charge in [0.15, 0.2) is 0 Å². The van der Waals surface area contributed by atoms with Crippen molar-refractivity contribution in [3.05, 3.63) is 90.0 Å². The van der Waals surface area contributed by atoms with Crippen molar-refractivity contribution >= 4 is 23.4 Å². The maximum Gasteiger partial charge on any atom is 0.245 e. The Hall–Kier alpha value is -2.72. The van der Waals surface area contributed by atoms with Gasteiger partial charge < -0.3 is 9.64 Å². The number of carbonyl (C=O) groups excluding carboxylic acids is 1. The van der Waals surface area contributed by atoms with Crippen molar-refractivity contribution in [1.29, 1.82) is 0 Å². The zero-order valence-electron chi connectivity index (χ0n) is 17.7. The van der Waals surface area contributed by atoms with E-state index < -0.39 is 9.49 Å². The van der Waals surface area contributed by atoms with E-state index in [4.69, 9.17) is 4.74 Å². The molecule has 0 N–H and O–H groups in total. The van der Waals surface area contributed by atoms with Gasteiger partial charge >= 0.3 is 0 Å². The van der Waals surface area contributed by atoms with Crippen molar-refractivity contribution in [3.8, 4) is 11.5 Å². The van der Waals surface area contributed by atoms with Crippen LogP contribution in [-0.4, -0.2) is 17.7 Å². The molecule has 3 nitrogen and oxygen atoms in total. The summed E-state index contributed by atoms with van der Waals surface area (Å²) in [5.74, 6) is 1.80. The normalized spacial score (nSPS) is 20.7. The van der Waals surface area contributed by atoms with Crippen molar-refractivity contribution in [1.82, 2.24) is 0 Å². The molecule has 1 spiro atoms. The van der Waals surface area contributed by atoms with E-state index in [2.05, 4.69) is 32.9 Å². The Labute approximate surface area is 182 Å². The first kappa shape index (κ1) is 19.3. The molecule has 3 aromatic rings. The number of thioether (sulfide) groups is 1. The lowest BCUT2D eigenvalue weighted by molar-refractivity contribution is -0.122. The lowest BCUT2D eigenvalue weighted by atomic mass is 9.66.